The molecule has 1 heterocycles. The Morgan fingerprint density at radius 1 is 1.03 bits per heavy atom. The monoisotopic (exact) mass is 432 g/mol. The Balaban J connectivity index is 1.57. The Morgan fingerprint density at radius 2 is 1.81 bits per heavy atom. The number of hydrogen-bond donors (Lipinski definition) is 1. The number of carbonyl (C=O) groups is 2. The molecule has 1 N–H and O–H groups in total. The van der Waals surface area contributed by atoms with Gasteiger partial charge in [0.25, 0.3) is 5.91 Å². The summed E-state index contributed by atoms with van der Waals surface area (Å²) in [4.78, 5) is 27.2. The Kier molecular flexibility index (Phi) is 6.00. The van der Waals surface area contributed by atoms with Crippen LogP contribution in [0.1, 0.15) is 32.4 Å². The minimum atomic E-state index is -0.194. The van der Waals surface area contributed by atoms with Crippen LogP contribution >= 0.6 is 11.8 Å². The maximum absolute atomic E-state index is 12.7. The van der Waals surface area contributed by atoms with Gasteiger partial charge in [-0.15, -0.1) is 11.8 Å². The summed E-state index contributed by atoms with van der Waals surface area (Å²) in [5.74, 6) is 1.03. The van der Waals surface area contributed by atoms with Crippen LogP contribution in [-0.4, -0.2) is 24.7 Å². The number of nitrogens with one attached hydrogen (secondary N) is 1. The number of benzene rings is 3. The van der Waals surface area contributed by atoms with Gasteiger partial charge >= 0.3 is 0 Å². The molecule has 1 aliphatic rings. The molecule has 3 aromatic carbocycles. The van der Waals surface area contributed by atoms with Gasteiger partial charge in [-0.1, -0.05) is 18.2 Å². The molecule has 0 saturated carbocycles. The quantitative estimate of drug-likeness (QED) is 0.591. The van der Waals surface area contributed by atoms with E-state index in [4.69, 9.17) is 4.74 Å². The highest BCUT2D eigenvalue weighted by molar-refractivity contribution is 8.00. The normalized spacial score (nSPS) is 15.8. The van der Waals surface area contributed by atoms with E-state index in [9.17, 15) is 9.59 Å². The van der Waals surface area contributed by atoms with Gasteiger partial charge in [-0.25, -0.2) is 0 Å². The zero-order valence-electron chi connectivity index (χ0n) is 17.7. The van der Waals surface area contributed by atoms with Gasteiger partial charge in [-0.3, -0.25) is 14.5 Å². The fourth-order valence-electron chi connectivity index (χ4n) is 3.54. The predicted molar refractivity (Wildman–Crippen MR) is 126 cm³/mol. The molecule has 2 amide bonds. The summed E-state index contributed by atoms with van der Waals surface area (Å²) in [7, 11) is 1.59. The van der Waals surface area contributed by atoms with Crippen molar-refractivity contribution in [1.82, 2.24) is 0 Å². The van der Waals surface area contributed by atoms with Gasteiger partial charge in [0.2, 0.25) is 5.91 Å². The van der Waals surface area contributed by atoms with Gasteiger partial charge in [0.05, 0.1) is 12.9 Å². The fourth-order valence-corrected chi connectivity index (χ4v) is 4.71. The molecule has 3 aromatic rings. The lowest BCUT2D eigenvalue weighted by atomic mass is 10.1. The molecule has 0 radical (unpaired) electrons. The number of aryl methyl sites for hydroxylation is 2. The summed E-state index contributed by atoms with van der Waals surface area (Å²) in [5.41, 5.74) is 5.47. The predicted octanol–water partition coefficient (Wildman–Crippen LogP) is 5.34. The molecule has 1 saturated heterocycles. The molecule has 0 aliphatic carbocycles. The minimum absolute atomic E-state index is 0.0888. The smallest absolute Gasteiger partial charge is 0.255 e. The van der Waals surface area contributed by atoms with Crippen molar-refractivity contribution in [3.05, 3.63) is 89.0 Å². The molecule has 6 heteroatoms. The van der Waals surface area contributed by atoms with Crippen LogP contribution in [0.25, 0.3) is 0 Å². The Bertz CT molecular complexity index is 1130. The topological polar surface area (TPSA) is 58.6 Å². The van der Waals surface area contributed by atoms with Crippen LogP contribution in [0.2, 0.25) is 0 Å². The molecule has 1 aliphatic heterocycles. The third-order valence-corrected chi connectivity index (χ3v) is 6.63. The van der Waals surface area contributed by atoms with Gasteiger partial charge in [0, 0.05) is 16.9 Å². The van der Waals surface area contributed by atoms with E-state index in [1.807, 2.05) is 41.3 Å². The lowest BCUT2D eigenvalue weighted by molar-refractivity contribution is -0.115. The lowest BCUT2D eigenvalue weighted by Crippen LogP contribution is -2.28. The molecule has 5 nitrogen and oxygen atoms in total. The molecule has 4 rings (SSSR count). The van der Waals surface area contributed by atoms with E-state index in [0.717, 1.165) is 16.8 Å². The van der Waals surface area contributed by atoms with Crippen molar-refractivity contribution in [1.29, 1.82) is 0 Å². The van der Waals surface area contributed by atoms with E-state index < -0.39 is 0 Å². The number of anilines is 2. The van der Waals surface area contributed by atoms with Gasteiger partial charge in [-0.2, -0.15) is 0 Å². The van der Waals surface area contributed by atoms with E-state index in [1.165, 1.54) is 5.56 Å². The van der Waals surface area contributed by atoms with Crippen LogP contribution < -0.4 is 15.0 Å². The maximum atomic E-state index is 12.7. The summed E-state index contributed by atoms with van der Waals surface area (Å²) >= 11 is 1.59. The number of nitrogens with zero attached hydrogens (tertiary/aromatic N) is 1. The largest absolute Gasteiger partial charge is 0.497 e. The van der Waals surface area contributed by atoms with Crippen molar-refractivity contribution in [2.75, 3.05) is 23.1 Å². The summed E-state index contributed by atoms with van der Waals surface area (Å²) in [6.07, 6.45) is 0. The summed E-state index contributed by atoms with van der Waals surface area (Å²) < 4.78 is 5.14. The van der Waals surface area contributed by atoms with Crippen LogP contribution in [0.15, 0.2) is 66.7 Å². The first-order valence-corrected chi connectivity index (χ1v) is 11.1. The number of rotatable bonds is 5. The van der Waals surface area contributed by atoms with Gasteiger partial charge in [0.15, 0.2) is 0 Å². The van der Waals surface area contributed by atoms with Gasteiger partial charge in [0.1, 0.15) is 11.1 Å². The first-order chi connectivity index (χ1) is 15.0. The number of hydrogen-bond acceptors (Lipinski definition) is 4. The number of thioether (sulfide) groups is 1. The summed E-state index contributed by atoms with van der Waals surface area (Å²) in [6, 6.07) is 20.8. The molecular weight excluding hydrogens is 408 g/mol. The number of methoxy groups -OCH3 is 1. The average molecular weight is 433 g/mol. The highest BCUT2D eigenvalue weighted by Gasteiger charge is 2.34. The summed E-state index contributed by atoms with van der Waals surface area (Å²) in [6.45, 7) is 4.11. The van der Waals surface area contributed by atoms with Crippen molar-refractivity contribution >= 4 is 35.0 Å². The molecular formula is C25H24N2O3S. The second-order valence-electron chi connectivity index (χ2n) is 7.50. The van der Waals surface area contributed by atoms with Gasteiger partial charge < -0.3 is 10.1 Å². The zero-order chi connectivity index (χ0) is 22.0. The van der Waals surface area contributed by atoms with Crippen LogP contribution in [0.3, 0.4) is 0 Å². The molecule has 1 atom stereocenters. The van der Waals surface area contributed by atoms with E-state index >= 15 is 0 Å². The summed E-state index contributed by atoms with van der Waals surface area (Å²) in [5, 5.41) is 2.82. The minimum Gasteiger partial charge on any atom is -0.497 e. The van der Waals surface area contributed by atoms with Crippen LogP contribution in [0.5, 0.6) is 5.75 Å². The van der Waals surface area contributed by atoms with Crippen LogP contribution in [0.4, 0.5) is 11.4 Å². The second kappa shape index (κ2) is 8.86. The van der Waals surface area contributed by atoms with Crippen molar-refractivity contribution in [3.8, 4) is 5.75 Å². The van der Waals surface area contributed by atoms with Crippen LogP contribution in [-0.2, 0) is 4.79 Å². The van der Waals surface area contributed by atoms with Gasteiger partial charge in [-0.05, 0) is 79.1 Å². The lowest BCUT2D eigenvalue weighted by Gasteiger charge is -2.25. The highest BCUT2D eigenvalue weighted by atomic mass is 32.2. The zero-order valence-corrected chi connectivity index (χ0v) is 18.5. The molecule has 1 fully saturated rings. The van der Waals surface area contributed by atoms with E-state index in [0.29, 0.717) is 22.8 Å². The van der Waals surface area contributed by atoms with Crippen LogP contribution in [0, 0.1) is 13.8 Å². The number of amides is 2. The molecule has 31 heavy (non-hydrogen) atoms. The molecule has 0 bridgehead atoms. The van der Waals surface area contributed by atoms with E-state index in [1.54, 1.807) is 43.1 Å². The standard InChI is InChI=1S/C25H24N2O3S/c1-16-7-10-21(13-17(16)2)27-23(28)15-31-25(27)19-5-4-6-20(14-19)26-24(29)18-8-11-22(30-3)12-9-18/h4-14,25H,15H2,1-3H3,(H,26,29). The molecule has 158 valence electrons. The van der Waals surface area contributed by atoms with Crippen molar-refractivity contribution in [2.45, 2.75) is 19.2 Å². The second-order valence-corrected chi connectivity index (χ2v) is 8.57. The highest BCUT2D eigenvalue weighted by Crippen LogP contribution is 2.42. The first-order valence-electron chi connectivity index (χ1n) is 10.0. The van der Waals surface area contributed by atoms with E-state index in [-0.39, 0.29) is 17.2 Å². The van der Waals surface area contributed by atoms with Crippen molar-refractivity contribution < 1.29 is 14.3 Å². The number of ether oxygens (including phenoxy) is 1. The Labute approximate surface area is 186 Å². The molecule has 0 spiro atoms. The number of carbonyl (C=O) groups excluding carboxylic acids is 2. The Hall–Kier alpha value is -3.25. The van der Waals surface area contributed by atoms with E-state index in [2.05, 4.69) is 25.2 Å². The van der Waals surface area contributed by atoms with Crippen molar-refractivity contribution in [2.24, 2.45) is 0 Å². The maximum Gasteiger partial charge on any atom is 0.255 e. The third kappa shape index (κ3) is 4.44. The molecule has 1 unspecified atom stereocenters. The SMILES string of the molecule is COc1ccc(C(=O)Nc2cccc(C3SCC(=O)N3c3ccc(C)c(C)c3)c2)cc1. The van der Waals surface area contributed by atoms with Crippen molar-refractivity contribution in [3.63, 3.8) is 0 Å². The Morgan fingerprint density at radius 3 is 2.52 bits per heavy atom. The average Bonchev–Trinajstić information content (AvgIpc) is 3.17. The molecule has 0 aromatic heterocycles. The third-order valence-electron chi connectivity index (χ3n) is 5.42. The fraction of sp³-hybridized carbons (Fsp3) is 0.200. The first kappa shape index (κ1) is 21.0.